The number of nitrogens with one attached hydrogen (secondary N) is 1. The summed E-state index contributed by atoms with van der Waals surface area (Å²) in [5.74, 6) is 3.02. The van der Waals surface area contributed by atoms with Crippen molar-refractivity contribution in [2.24, 2.45) is 11.8 Å². The van der Waals surface area contributed by atoms with Crippen molar-refractivity contribution in [1.82, 2.24) is 5.01 Å². The average molecular weight is 301 g/mol. The highest BCUT2D eigenvalue weighted by Gasteiger charge is 2.36. The summed E-state index contributed by atoms with van der Waals surface area (Å²) in [5, 5.41) is 3.10. The molecule has 8 heteroatoms. The van der Waals surface area contributed by atoms with E-state index in [1.165, 1.54) is 12.1 Å². The van der Waals surface area contributed by atoms with Crippen LogP contribution in [-0.4, -0.2) is 23.4 Å². The van der Waals surface area contributed by atoms with E-state index in [1.54, 1.807) is 0 Å². The molecule has 3 N–H and O–H groups in total. The lowest BCUT2D eigenvalue weighted by molar-refractivity contribution is -0.143. The number of amides is 2. The van der Waals surface area contributed by atoms with Gasteiger partial charge in [0.1, 0.15) is 5.92 Å². The summed E-state index contributed by atoms with van der Waals surface area (Å²) in [6, 6.07) is 4.62. The van der Waals surface area contributed by atoms with E-state index in [0.717, 1.165) is 17.1 Å². The number of halogens is 3. The van der Waals surface area contributed by atoms with Gasteiger partial charge < -0.3 is 5.32 Å². The Balaban J connectivity index is 2.19. The number of anilines is 1. The topological polar surface area (TPSA) is 75.4 Å². The summed E-state index contributed by atoms with van der Waals surface area (Å²) in [5.41, 5.74) is -1.32. The fraction of sp³-hybridized carbons (Fsp3) is 0.385. The number of rotatable bonds is 2. The van der Waals surface area contributed by atoms with Gasteiger partial charge in [-0.2, -0.15) is 13.2 Å². The second kappa shape index (κ2) is 5.72. The van der Waals surface area contributed by atoms with Gasteiger partial charge in [0, 0.05) is 6.54 Å². The molecule has 0 aliphatic carbocycles. The third kappa shape index (κ3) is 3.33. The van der Waals surface area contributed by atoms with Crippen LogP contribution in [0.1, 0.15) is 18.4 Å². The summed E-state index contributed by atoms with van der Waals surface area (Å²) in [4.78, 5) is 23.8. The number of carbonyl (C=O) groups is 2. The van der Waals surface area contributed by atoms with Gasteiger partial charge in [-0.25, -0.2) is 5.84 Å². The molecule has 1 aromatic rings. The highest BCUT2D eigenvalue weighted by atomic mass is 19.4. The standard InChI is InChI=1S/C13H14F3N3O2/c14-13(15,16)9-5-1-2-6-10(9)18-11(20)8-4-3-7-19(17)12(8)21/h1-2,5-6,8H,3-4,7,17H2,(H,18,20)/t8-/m0/s1. The van der Waals surface area contributed by atoms with Gasteiger partial charge in [0.05, 0.1) is 11.3 Å². The zero-order valence-electron chi connectivity index (χ0n) is 11.0. The number of para-hydroxylation sites is 1. The Morgan fingerprint density at radius 2 is 2.00 bits per heavy atom. The van der Waals surface area contributed by atoms with Crippen molar-refractivity contribution in [1.29, 1.82) is 0 Å². The lowest BCUT2D eigenvalue weighted by Crippen LogP contribution is -2.49. The number of hydrogen-bond acceptors (Lipinski definition) is 3. The Morgan fingerprint density at radius 1 is 1.33 bits per heavy atom. The van der Waals surface area contributed by atoms with Crippen LogP contribution < -0.4 is 11.2 Å². The number of nitrogens with zero attached hydrogens (tertiary/aromatic N) is 1. The summed E-state index contributed by atoms with van der Waals surface area (Å²) in [7, 11) is 0. The Labute approximate surface area is 118 Å². The van der Waals surface area contributed by atoms with Crippen molar-refractivity contribution in [3.8, 4) is 0 Å². The molecule has 5 nitrogen and oxygen atoms in total. The van der Waals surface area contributed by atoms with Crippen LogP contribution in [0.5, 0.6) is 0 Å². The smallest absolute Gasteiger partial charge is 0.325 e. The molecular weight excluding hydrogens is 287 g/mol. The molecule has 2 amide bonds. The van der Waals surface area contributed by atoms with Crippen LogP contribution in [0.15, 0.2) is 24.3 Å². The van der Waals surface area contributed by atoms with Gasteiger partial charge in [0.15, 0.2) is 0 Å². The van der Waals surface area contributed by atoms with Gasteiger partial charge in [-0.15, -0.1) is 0 Å². The lowest BCUT2D eigenvalue weighted by Gasteiger charge is -2.28. The Hall–Kier alpha value is -2.09. The Bertz CT molecular complexity index is 560. The van der Waals surface area contributed by atoms with Crippen molar-refractivity contribution < 1.29 is 22.8 Å². The van der Waals surface area contributed by atoms with Crippen LogP contribution in [0.4, 0.5) is 18.9 Å². The summed E-state index contributed by atoms with van der Waals surface area (Å²) < 4.78 is 38.5. The molecule has 1 saturated heterocycles. The first-order chi connectivity index (χ1) is 9.80. The van der Waals surface area contributed by atoms with Crippen molar-refractivity contribution in [2.45, 2.75) is 19.0 Å². The summed E-state index contributed by atoms with van der Waals surface area (Å²) in [6.07, 6.45) is -3.78. The van der Waals surface area contributed by atoms with Gasteiger partial charge in [-0.3, -0.25) is 14.6 Å². The molecule has 2 rings (SSSR count). The number of hydrogen-bond donors (Lipinski definition) is 2. The molecule has 0 spiro atoms. The second-order valence-corrected chi connectivity index (χ2v) is 4.76. The second-order valence-electron chi connectivity index (χ2n) is 4.76. The van der Waals surface area contributed by atoms with E-state index in [2.05, 4.69) is 5.32 Å². The van der Waals surface area contributed by atoms with E-state index in [9.17, 15) is 22.8 Å². The monoisotopic (exact) mass is 301 g/mol. The van der Waals surface area contributed by atoms with Crippen LogP contribution in [-0.2, 0) is 15.8 Å². The molecule has 21 heavy (non-hydrogen) atoms. The predicted octanol–water partition coefficient (Wildman–Crippen LogP) is 1.76. The van der Waals surface area contributed by atoms with Gasteiger partial charge in [0.2, 0.25) is 11.8 Å². The number of nitrogens with two attached hydrogens (primary N) is 1. The fourth-order valence-corrected chi connectivity index (χ4v) is 2.20. The molecule has 1 aliphatic rings. The Morgan fingerprint density at radius 3 is 2.67 bits per heavy atom. The van der Waals surface area contributed by atoms with Crippen molar-refractivity contribution >= 4 is 17.5 Å². The molecule has 0 radical (unpaired) electrons. The number of carbonyl (C=O) groups excluding carboxylic acids is 2. The minimum absolute atomic E-state index is 0.270. The first-order valence-corrected chi connectivity index (χ1v) is 6.34. The van der Waals surface area contributed by atoms with Crippen LogP contribution in [0.25, 0.3) is 0 Å². The van der Waals surface area contributed by atoms with E-state index in [1.807, 2.05) is 0 Å². The van der Waals surface area contributed by atoms with Crippen LogP contribution in [0, 0.1) is 5.92 Å². The SMILES string of the molecule is NN1CCC[C@@H](C(=O)Nc2ccccc2C(F)(F)F)C1=O. The van der Waals surface area contributed by atoms with E-state index < -0.39 is 29.5 Å². The minimum Gasteiger partial charge on any atom is -0.325 e. The molecule has 0 bridgehead atoms. The molecule has 1 aliphatic heterocycles. The third-order valence-corrected chi connectivity index (χ3v) is 3.28. The quantitative estimate of drug-likeness (QED) is 0.496. The summed E-state index contributed by atoms with van der Waals surface area (Å²) in [6.45, 7) is 0.335. The maximum absolute atomic E-state index is 12.8. The fourth-order valence-electron chi connectivity index (χ4n) is 2.20. The number of alkyl halides is 3. The largest absolute Gasteiger partial charge is 0.418 e. The predicted molar refractivity (Wildman–Crippen MR) is 68.7 cm³/mol. The van der Waals surface area contributed by atoms with E-state index in [4.69, 9.17) is 5.84 Å². The first kappa shape index (κ1) is 15.3. The van der Waals surface area contributed by atoms with Crippen LogP contribution in [0.3, 0.4) is 0 Å². The maximum Gasteiger partial charge on any atom is 0.418 e. The molecule has 1 atom stereocenters. The number of piperidine rings is 1. The maximum atomic E-state index is 12.8. The normalized spacial score (nSPS) is 19.5. The molecule has 1 heterocycles. The number of hydrazine groups is 1. The van der Waals surface area contributed by atoms with Crippen molar-refractivity contribution in [2.75, 3.05) is 11.9 Å². The Kier molecular flexibility index (Phi) is 4.17. The van der Waals surface area contributed by atoms with Gasteiger partial charge >= 0.3 is 6.18 Å². The van der Waals surface area contributed by atoms with Crippen molar-refractivity contribution in [3.05, 3.63) is 29.8 Å². The van der Waals surface area contributed by atoms with Gasteiger partial charge in [-0.05, 0) is 25.0 Å². The zero-order chi connectivity index (χ0) is 15.6. The van der Waals surface area contributed by atoms with Crippen LogP contribution in [0.2, 0.25) is 0 Å². The summed E-state index contributed by atoms with van der Waals surface area (Å²) >= 11 is 0. The molecule has 114 valence electrons. The highest BCUT2D eigenvalue weighted by Crippen LogP contribution is 2.34. The van der Waals surface area contributed by atoms with Crippen LogP contribution >= 0.6 is 0 Å². The van der Waals surface area contributed by atoms with Gasteiger partial charge in [-0.1, -0.05) is 12.1 Å². The molecule has 0 aromatic heterocycles. The minimum atomic E-state index is -4.58. The van der Waals surface area contributed by atoms with Crippen molar-refractivity contribution in [3.63, 3.8) is 0 Å². The first-order valence-electron chi connectivity index (χ1n) is 6.34. The molecule has 1 fully saturated rings. The lowest BCUT2D eigenvalue weighted by atomic mass is 9.97. The van der Waals surface area contributed by atoms with E-state index >= 15 is 0 Å². The molecular formula is C13H14F3N3O2. The molecule has 1 aromatic carbocycles. The number of benzene rings is 1. The van der Waals surface area contributed by atoms with E-state index in [-0.39, 0.29) is 12.1 Å². The highest BCUT2D eigenvalue weighted by molar-refractivity contribution is 6.06. The average Bonchev–Trinajstić information content (AvgIpc) is 2.41. The molecule has 0 unspecified atom stereocenters. The third-order valence-electron chi connectivity index (χ3n) is 3.28. The van der Waals surface area contributed by atoms with Gasteiger partial charge in [0.25, 0.3) is 0 Å². The van der Waals surface area contributed by atoms with E-state index in [0.29, 0.717) is 13.0 Å². The molecule has 0 saturated carbocycles. The zero-order valence-corrected chi connectivity index (χ0v) is 11.0.